The summed E-state index contributed by atoms with van der Waals surface area (Å²) in [4.78, 5) is 15.4. The largest absolute Gasteiger partial charge is 0.469 e. The van der Waals surface area contributed by atoms with Gasteiger partial charge in [-0.25, -0.2) is 15.0 Å². The van der Waals surface area contributed by atoms with Crippen molar-refractivity contribution >= 4 is 0 Å². The second kappa shape index (κ2) is 4.27. The Hall–Kier alpha value is -2.04. The van der Waals surface area contributed by atoms with E-state index in [2.05, 4.69) is 26.3 Å². The van der Waals surface area contributed by atoms with E-state index < -0.39 is 0 Å². The highest BCUT2D eigenvalue weighted by atomic mass is 16.5. The number of ether oxygens (including phenoxy) is 1. The predicted molar refractivity (Wildman–Crippen MR) is 47.2 cm³/mol. The fourth-order valence-electron chi connectivity index (χ4n) is 0.873. The molecule has 1 radical (unpaired) electrons. The van der Waals surface area contributed by atoms with Crippen molar-refractivity contribution in [1.82, 2.24) is 19.9 Å². The summed E-state index contributed by atoms with van der Waals surface area (Å²) in [6.45, 7) is 0.297. The van der Waals surface area contributed by atoms with Crippen molar-refractivity contribution in [3.8, 4) is 5.88 Å². The van der Waals surface area contributed by atoms with Crippen LogP contribution in [-0.2, 0) is 6.61 Å². The van der Waals surface area contributed by atoms with Gasteiger partial charge in [-0.15, -0.1) is 0 Å². The Morgan fingerprint density at radius 1 is 1.21 bits per heavy atom. The predicted octanol–water partition coefficient (Wildman–Crippen LogP) is 0.646. The van der Waals surface area contributed by atoms with Gasteiger partial charge in [-0.1, -0.05) is 0 Å². The first-order valence-corrected chi connectivity index (χ1v) is 4.03. The van der Waals surface area contributed by atoms with Crippen LogP contribution in [0.2, 0.25) is 0 Å². The van der Waals surface area contributed by atoms with Crippen molar-refractivity contribution in [2.75, 3.05) is 0 Å². The number of aromatic nitrogens is 4. The molecule has 0 aliphatic carbocycles. The molecule has 5 nitrogen and oxygen atoms in total. The molecule has 14 heavy (non-hydrogen) atoms. The average molecular weight is 187 g/mol. The molecule has 69 valence electrons. The summed E-state index contributed by atoms with van der Waals surface area (Å²) >= 11 is 0. The van der Waals surface area contributed by atoms with Gasteiger partial charge in [-0.3, -0.25) is 0 Å². The maximum Gasteiger partial charge on any atom is 0.217 e. The van der Waals surface area contributed by atoms with Crippen LogP contribution in [0.4, 0.5) is 0 Å². The van der Waals surface area contributed by atoms with Gasteiger partial charge in [0.1, 0.15) is 6.61 Å². The Bertz CT molecular complexity index is 339. The highest BCUT2D eigenvalue weighted by Crippen LogP contribution is 2.03. The first kappa shape index (κ1) is 8.55. The van der Waals surface area contributed by atoms with Gasteiger partial charge in [0.2, 0.25) is 12.2 Å². The van der Waals surface area contributed by atoms with Crippen molar-refractivity contribution in [2.45, 2.75) is 6.61 Å². The quantitative estimate of drug-likeness (QED) is 0.705. The summed E-state index contributed by atoms with van der Waals surface area (Å²) in [6.07, 6.45) is 7.32. The van der Waals surface area contributed by atoms with E-state index >= 15 is 0 Å². The van der Waals surface area contributed by atoms with E-state index in [-0.39, 0.29) is 0 Å². The number of nitrogens with zero attached hydrogens (tertiary/aromatic N) is 4. The monoisotopic (exact) mass is 187 g/mol. The minimum atomic E-state index is 0.297. The smallest absolute Gasteiger partial charge is 0.217 e. The van der Waals surface area contributed by atoms with E-state index in [1.165, 1.54) is 0 Å². The van der Waals surface area contributed by atoms with Crippen LogP contribution in [0.15, 0.2) is 30.7 Å². The Balaban J connectivity index is 1.96. The lowest BCUT2D eigenvalue weighted by molar-refractivity contribution is 0.283. The zero-order valence-electron chi connectivity index (χ0n) is 7.29. The van der Waals surface area contributed by atoms with Gasteiger partial charge in [-0.2, -0.15) is 4.98 Å². The summed E-state index contributed by atoms with van der Waals surface area (Å²) in [6, 6.07) is 3.40. The van der Waals surface area contributed by atoms with Gasteiger partial charge in [0, 0.05) is 24.7 Å². The molecule has 2 aromatic rings. The fraction of sp³-hybridized carbons (Fsp3) is 0.111. The van der Waals surface area contributed by atoms with Crippen molar-refractivity contribution in [3.63, 3.8) is 0 Å². The van der Waals surface area contributed by atoms with Crippen LogP contribution in [0.3, 0.4) is 0 Å². The molecule has 2 aromatic heterocycles. The van der Waals surface area contributed by atoms with Crippen LogP contribution < -0.4 is 4.74 Å². The van der Waals surface area contributed by atoms with Gasteiger partial charge < -0.3 is 4.74 Å². The summed E-state index contributed by atoms with van der Waals surface area (Å²) < 4.78 is 5.28. The highest BCUT2D eigenvalue weighted by Gasteiger charge is 1.97. The molecular weight excluding hydrogens is 180 g/mol. The standard InChI is InChI=1S/C9H7N4O/c1-3-11-8(12-4-1)6-14-9-2-5-10-7-13-9/h1-5H,6H2. The molecule has 2 heterocycles. The SMILES string of the molecule is [c]1nccc(OCc2ncccn2)n1. The lowest BCUT2D eigenvalue weighted by Gasteiger charge is -2.01. The normalized spacial score (nSPS) is 9.71. The Morgan fingerprint density at radius 3 is 2.79 bits per heavy atom. The molecule has 0 atom stereocenters. The van der Waals surface area contributed by atoms with Gasteiger partial charge in [0.15, 0.2) is 5.82 Å². The lowest BCUT2D eigenvalue weighted by Crippen LogP contribution is -2.01. The third-order valence-corrected chi connectivity index (χ3v) is 1.48. The second-order valence-electron chi connectivity index (χ2n) is 2.45. The number of hydrogen-bond acceptors (Lipinski definition) is 5. The molecule has 0 saturated carbocycles. The molecule has 0 aromatic carbocycles. The summed E-state index contributed by atoms with van der Waals surface area (Å²) in [7, 11) is 0. The van der Waals surface area contributed by atoms with Gasteiger partial charge >= 0.3 is 0 Å². The second-order valence-corrected chi connectivity index (χ2v) is 2.45. The topological polar surface area (TPSA) is 60.8 Å². The molecule has 0 N–H and O–H groups in total. The van der Waals surface area contributed by atoms with Crippen LogP contribution >= 0.6 is 0 Å². The van der Waals surface area contributed by atoms with E-state index in [1.54, 1.807) is 30.7 Å². The van der Waals surface area contributed by atoms with Crippen molar-refractivity contribution in [3.05, 3.63) is 42.9 Å². The molecular formula is C9H7N4O. The summed E-state index contributed by atoms with van der Waals surface area (Å²) in [5, 5.41) is 0. The van der Waals surface area contributed by atoms with E-state index in [4.69, 9.17) is 4.74 Å². The molecule has 0 saturated heterocycles. The third kappa shape index (κ3) is 2.22. The van der Waals surface area contributed by atoms with Crippen LogP contribution in [0.1, 0.15) is 5.82 Å². The van der Waals surface area contributed by atoms with Crippen molar-refractivity contribution in [1.29, 1.82) is 0 Å². The average Bonchev–Trinajstić information content (AvgIpc) is 2.29. The zero-order valence-corrected chi connectivity index (χ0v) is 7.29. The molecule has 0 bridgehead atoms. The first-order chi connectivity index (χ1) is 6.95. The fourth-order valence-corrected chi connectivity index (χ4v) is 0.873. The molecule has 0 aliphatic heterocycles. The maximum absolute atomic E-state index is 5.28. The van der Waals surface area contributed by atoms with E-state index in [0.29, 0.717) is 18.3 Å². The van der Waals surface area contributed by atoms with Crippen LogP contribution in [0.5, 0.6) is 5.88 Å². The molecule has 0 unspecified atom stereocenters. The Kier molecular flexibility index (Phi) is 2.61. The molecule has 5 heteroatoms. The van der Waals surface area contributed by atoms with Crippen molar-refractivity contribution in [2.24, 2.45) is 0 Å². The van der Waals surface area contributed by atoms with Gasteiger partial charge in [-0.05, 0) is 6.07 Å². The summed E-state index contributed by atoms with van der Waals surface area (Å²) in [5.41, 5.74) is 0. The first-order valence-electron chi connectivity index (χ1n) is 4.03. The minimum absolute atomic E-state index is 0.297. The van der Waals surface area contributed by atoms with E-state index in [1.807, 2.05) is 0 Å². The summed E-state index contributed by atoms with van der Waals surface area (Å²) in [5.74, 6) is 1.08. The van der Waals surface area contributed by atoms with Gasteiger partial charge in [0.25, 0.3) is 0 Å². The van der Waals surface area contributed by atoms with Gasteiger partial charge in [0.05, 0.1) is 0 Å². The molecule has 2 rings (SSSR count). The van der Waals surface area contributed by atoms with Crippen LogP contribution in [-0.4, -0.2) is 19.9 Å². The minimum Gasteiger partial charge on any atom is -0.469 e. The molecule has 0 spiro atoms. The van der Waals surface area contributed by atoms with Crippen LogP contribution in [0, 0.1) is 6.33 Å². The highest BCUT2D eigenvalue weighted by molar-refractivity contribution is 5.04. The Labute approximate surface area is 80.8 Å². The molecule has 0 amide bonds. The van der Waals surface area contributed by atoms with E-state index in [0.717, 1.165) is 0 Å². The van der Waals surface area contributed by atoms with Crippen LogP contribution in [0.25, 0.3) is 0 Å². The lowest BCUT2D eigenvalue weighted by atomic mass is 10.6. The molecule has 0 aliphatic rings. The third-order valence-electron chi connectivity index (χ3n) is 1.48. The Morgan fingerprint density at radius 2 is 2.07 bits per heavy atom. The molecule has 0 fully saturated rings. The number of rotatable bonds is 3. The van der Waals surface area contributed by atoms with E-state index in [9.17, 15) is 0 Å². The van der Waals surface area contributed by atoms with Crippen molar-refractivity contribution < 1.29 is 4.74 Å². The maximum atomic E-state index is 5.28. The zero-order chi connectivity index (χ0) is 9.64. The number of hydrogen-bond donors (Lipinski definition) is 0.